The molecule has 0 aliphatic heterocycles. The van der Waals surface area contributed by atoms with Crippen LogP contribution in [0.5, 0.6) is 0 Å². The first-order chi connectivity index (χ1) is 13.7. The van der Waals surface area contributed by atoms with Gasteiger partial charge in [-0.25, -0.2) is 9.59 Å². The second kappa shape index (κ2) is 16.0. The maximum atomic E-state index is 12.2. The molecule has 1 aromatic rings. The Balaban J connectivity index is 2.35. The number of carbonyl (C=O) groups excluding carboxylic acids is 2. The van der Waals surface area contributed by atoms with Crippen molar-refractivity contribution in [3.8, 4) is 0 Å². The monoisotopic (exact) mass is 398 g/mol. The minimum atomic E-state index is -0.603. The SMILES string of the molecule is CCOCCOCCOC(=O)c1ccccc1C(=O)OCCOCCOCC. The molecule has 0 amide bonds. The third kappa shape index (κ3) is 10.4. The van der Waals surface area contributed by atoms with Crippen molar-refractivity contribution in [2.75, 3.05) is 66.1 Å². The smallest absolute Gasteiger partial charge is 0.339 e. The van der Waals surface area contributed by atoms with Crippen molar-refractivity contribution in [1.29, 1.82) is 0 Å². The lowest BCUT2D eigenvalue weighted by Gasteiger charge is -2.10. The molecule has 0 unspecified atom stereocenters. The van der Waals surface area contributed by atoms with Crippen LogP contribution in [0.3, 0.4) is 0 Å². The zero-order chi connectivity index (χ0) is 20.5. The van der Waals surface area contributed by atoms with Gasteiger partial charge in [-0.1, -0.05) is 12.1 Å². The van der Waals surface area contributed by atoms with Crippen LogP contribution in [0.4, 0.5) is 0 Å². The van der Waals surface area contributed by atoms with Gasteiger partial charge in [-0.05, 0) is 26.0 Å². The van der Waals surface area contributed by atoms with E-state index in [4.69, 9.17) is 28.4 Å². The summed E-state index contributed by atoms with van der Waals surface area (Å²) < 4.78 is 31.2. The van der Waals surface area contributed by atoms with Crippen molar-refractivity contribution in [2.45, 2.75) is 13.8 Å². The van der Waals surface area contributed by atoms with Gasteiger partial charge in [0.05, 0.1) is 50.8 Å². The summed E-state index contributed by atoms with van der Waals surface area (Å²) in [5, 5.41) is 0. The summed E-state index contributed by atoms with van der Waals surface area (Å²) in [6.07, 6.45) is 0. The zero-order valence-electron chi connectivity index (χ0n) is 16.6. The van der Waals surface area contributed by atoms with Gasteiger partial charge in [0.1, 0.15) is 13.2 Å². The molecule has 1 aromatic carbocycles. The van der Waals surface area contributed by atoms with Crippen molar-refractivity contribution < 1.29 is 38.0 Å². The van der Waals surface area contributed by atoms with Crippen LogP contribution < -0.4 is 0 Å². The summed E-state index contributed by atoms with van der Waals surface area (Å²) in [5.41, 5.74) is 0.304. The molecule has 0 fully saturated rings. The van der Waals surface area contributed by atoms with Gasteiger partial charge in [0.25, 0.3) is 0 Å². The minimum absolute atomic E-state index is 0.0853. The molecule has 8 nitrogen and oxygen atoms in total. The Kier molecular flexibility index (Phi) is 13.7. The first-order valence-corrected chi connectivity index (χ1v) is 9.44. The van der Waals surface area contributed by atoms with E-state index in [2.05, 4.69) is 0 Å². The number of rotatable bonds is 16. The molecule has 0 bridgehead atoms. The minimum Gasteiger partial charge on any atom is -0.460 e. The van der Waals surface area contributed by atoms with E-state index in [1.165, 1.54) is 12.1 Å². The van der Waals surface area contributed by atoms with Crippen LogP contribution in [-0.4, -0.2) is 78.0 Å². The van der Waals surface area contributed by atoms with Crippen molar-refractivity contribution >= 4 is 11.9 Å². The Morgan fingerprint density at radius 3 is 1.36 bits per heavy atom. The van der Waals surface area contributed by atoms with Crippen LogP contribution in [0.1, 0.15) is 34.6 Å². The van der Waals surface area contributed by atoms with E-state index in [1.807, 2.05) is 13.8 Å². The molecule has 8 heteroatoms. The standard InChI is InChI=1S/C20H30O8/c1-3-23-9-11-25-13-15-27-19(21)17-7-5-6-8-18(17)20(22)28-16-14-26-12-10-24-4-2/h5-8H,3-4,9-16H2,1-2H3. The molecule has 0 saturated heterocycles. The van der Waals surface area contributed by atoms with Crippen molar-refractivity contribution in [2.24, 2.45) is 0 Å². The van der Waals surface area contributed by atoms with Crippen LogP contribution in [0.25, 0.3) is 0 Å². The summed E-state index contributed by atoms with van der Waals surface area (Å²) in [6.45, 7) is 7.60. The average Bonchev–Trinajstić information content (AvgIpc) is 2.72. The maximum Gasteiger partial charge on any atom is 0.339 e. The van der Waals surface area contributed by atoms with Gasteiger partial charge in [0.2, 0.25) is 0 Å². The van der Waals surface area contributed by atoms with Crippen LogP contribution in [-0.2, 0) is 28.4 Å². The molecule has 0 aliphatic carbocycles. The van der Waals surface area contributed by atoms with Gasteiger partial charge in [0.15, 0.2) is 0 Å². The summed E-state index contributed by atoms with van der Waals surface area (Å²) in [7, 11) is 0. The van der Waals surface area contributed by atoms with Gasteiger partial charge in [-0.15, -0.1) is 0 Å². The molecule has 0 aromatic heterocycles. The number of ether oxygens (including phenoxy) is 6. The first kappa shape index (κ1) is 24.0. The largest absolute Gasteiger partial charge is 0.460 e. The van der Waals surface area contributed by atoms with Crippen LogP contribution in [0.15, 0.2) is 24.3 Å². The predicted molar refractivity (Wildman–Crippen MR) is 102 cm³/mol. The normalized spacial score (nSPS) is 10.6. The highest BCUT2D eigenvalue weighted by molar-refractivity contribution is 6.03. The van der Waals surface area contributed by atoms with Crippen LogP contribution in [0, 0.1) is 0 Å². The van der Waals surface area contributed by atoms with Crippen molar-refractivity contribution in [3.63, 3.8) is 0 Å². The molecule has 0 spiro atoms. The fourth-order valence-electron chi connectivity index (χ4n) is 2.11. The van der Waals surface area contributed by atoms with Crippen LogP contribution >= 0.6 is 0 Å². The van der Waals surface area contributed by atoms with E-state index in [1.54, 1.807) is 12.1 Å². The maximum absolute atomic E-state index is 12.2. The average molecular weight is 398 g/mol. The lowest BCUT2D eigenvalue weighted by molar-refractivity contribution is 0.0139. The molecule has 0 heterocycles. The lowest BCUT2D eigenvalue weighted by atomic mass is 10.1. The van der Waals surface area contributed by atoms with E-state index in [0.29, 0.717) is 39.6 Å². The highest BCUT2D eigenvalue weighted by Gasteiger charge is 2.18. The van der Waals surface area contributed by atoms with Gasteiger partial charge >= 0.3 is 11.9 Å². The molecule has 0 radical (unpaired) electrons. The molecule has 1 rings (SSSR count). The molecular formula is C20H30O8. The summed E-state index contributed by atoms with van der Waals surface area (Å²) in [4.78, 5) is 24.5. The predicted octanol–water partition coefficient (Wildman–Crippen LogP) is 2.11. The van der Waals surface area contributed by atoms with E-state index in [0.717, 1.165) is 0 Å². The lowest BCUT2D eigenvalue weighted by Crippen LogP contribution is -2.18. The second-order valence-electron chi connectivity index (χ2n) is 5.44. The fourth-order valence-corrected chi connectivity index (χ4v) is 2.11. The topological polar surface area (TPSA) is 89.5 Å². The summed E-state index contributed by atoms with van der Waals surface area (Å²) in [6, 6.07) is 6.35. The highest BCUT2D eigenvalue weighted by Crippen LogP contribution is 2.12. The highest BCUT2D eigenvalue weighted by atomic mass is 16.6. The Hall–Kier alpha value is -2.00. The molecule has 0 saturated carbocycles. The number of carbonyl (C=O) groups is 2. The molecule has 0 atom stereocenters. The molecule has 28 heavy (non-hydrogen) atoms. The summed E-state index contributed by atoms with van der Waals surface area (Å²) >= 11 is 0. The van der Waals surface area contributed by atoms with E-state index >= 15 is 0 Å². The second-order valence-corrected chi connectivity index (χ2v) is 5.44. The van der Waals surface area contributed by atoms with E-state index < -0.39 is 11.9 Å². The number of hydrogen-bond donors (Lipinski definition) is 0. The van der Waals surface area contributed by atoms with E-state index in [9.17, 15) is 9.59 Å². The summed E-state index contributed by atoms with van der Waals surface area (Å²) in [5.74, 6) is -1.21. The van der Waals surface area contributed by atoms with Crippen molar-refractivity contribution in [3.05, 3.63) is 35.4 Å². The molecule has 0 N–H and O–H groups in total. The molecule has 158 valence electrons. The first-order valence-electron chi connectivity index (χ1n) is 9.44. The van der Waals surface area contributed by atoms with E-state index in [-0.39, 0.29) is 37.6 Å². The Labute approximate surface area is 166 Å². The van der Waals surface area contributed by atoms with Gasteiger partial charge in [-0.2, -0.15) is 0 Å². The quantitative estimate of drug-likeness (QED) is 0.309. The number of hydrogen-bond acceptors (Lipinski definition) is 8. The van der Waals surface area contributed by atoms with Crippen LogP contribution in [0.2, 0.25) is 0 Å². The van der Waals surface area contributed by atoms with Gasteiger partial charge in [-0.3, -0.25) is 0 Å². The Morgan fingerprint density at radius 2 is 0.964 bits per heavy atom. The third-order valence-corrected chi connectivity index (χ3v) is 3.44. The number of esters is 2. The molecular weight excluding hydrogens is 368 g/mol. The van der Waals surface area contributed by atoms with Gasteiger partial charge < -0.3 is 28.4 Å². The van der Waals surface area contributed by atoms with Crippen molar-refractivity contribution in [1.82, 2.24) is 0 Å². The van der Waals surface area contributed by atoms with Gasteiger partial charge in [0, 0.05) is 13.2 Å². The third-order valence-electron chi connectivity index (χ3n) is 3.44. The fraction of sp³-hybridized carbons (Fsp3) is 0.600. The number of benzene rings is 1. The Bertz CT molecular complexity index is 512. The zero-order valence-corrected chi connectivity index (χ0v) is 16.6. The Morgan fingerprint density at radius 1 is 0.607 bits per heavy atom. The molecule has 0 aliphatic rings.